The van der Waals surface area contributed by atoms with Crippen LogP contribution in [0.5, 0.6) is 0 Å². The van der Waals surface area contributed by atoms with E-state index in [4.69, 9.17) is 18.5 Å². The Morgan fingerprint density at radius 1 is 0.718 bits per heavy atom. The first-order valence-electron chi connectivity index (χ1n) is 15.9. The van der Waals surface area contributed by atoms with Gasteiger partial charge in [0.25, 0.3) is 7.82 Å². The third kappa shape index (κ3) is 30.5. The van der Waals surface area contributed by atoms with Gasteiger partial charge in [0.05, 0.1) is 34.4 Å². The maximum Gasteiger partial charge on any atom is 0.268 e. The maximum absolute atomic E-state index is 12.1. The summed E-state index contributed by atoms with van der Waals surface area (Å²) in [7, 11) is 3.05. The Morgan fingerprint density at radius 3 is 1.69 bits per heavy atom. The van der Waals surface area contributed by atoms with Gasteiger partial charge in [0.15, 0.2) is 0 Å². The zero-order valence-corrected chi connectivity index (χ0v) is 27.2. The van der Waals surface area contributed by atoms with E-state index < -0.39 is 13.9 Å². The number of methoxy groups -OCH3 is 1. The summed E-state index contributed by atoms with van der Waals surface area (Å²) in [6.45, 7) is 3.84. The smallest absolute Gasteiger partial charge is 0.268 e. The molecule has 0 aliphatic heterocycles. The number of rotatable bonds is 30. The number of nitrogens with zero attached hydrogens (tertiary/aromatic N) is 1. The molecule has 0 saturated carbocycles. The van der Waals surface area contributed by atoms with Gasteiger partial charge in [0.1, 0.15) is 19.3 Å². The predicted molar refractivity (Wildman–Crippen MR) is 162 cm³/mol. The molecule has 39 heavy (non-hydrogen) atoms. The minimum Gasteiger partial charge on any atom is -0.756 e. The third-order valence-corrected chi connectivity index (χ3v) is 7.80. The molecular weight excluding hydrogens is 513 g/mol. The van der Waals surface area contributed by atoms with E-state index in [1.807, 2.05) is 21.1 Å². The lowest BCUT2D eigenvalue weighted by molar-refractivity contribution is -0.870. The molecule has 0 N–H and O–H groups in total. The van der Waals surface area contributed by atoms with Crippen molar-refractivity contribution in [1.29, 1.82) is 0 Å². The quantitative estimate of drug-likeness (QED) is 0.0375. The molecule has 0 aliphatic rings. The molecule has 234 valence electrons. The highest BCUT2D eigenvalue weighted by Gasteiger charge is 2.20. The van der Waals surface area contributed by atoms with Crippen molar-refractivity contribution in [2.45, 2.75) is 129 Å². The molecule has 0 heterocycles. The lowest BCUT2D eigenvalue weighted by atomic mass is 10.1. The highest BCUT2D eigenvalue weighted by atomic mass is 31.2. The summed E-state index contributed by atoms with van der Waals surface area (Å²) >= 11 is 0. The van der Waals surface area contributed by atoms with Gasteiger partial charge in [0, 0.05) is 13.7 Å². The molecule has 0 aromatic carbocycles. The number of likely N-dealkylation sites (N-methyl/N-ethyl adjacent to an activating group) is 1. The normalized spacial score (nSPS) is 14.7. The van der Waals surface area contributed by atoms with E-state index in [2.05, 4.69) is 19.1 Å². The second kappa shape index (κ2) is 26.6. The molecule has 0 rings (SSSR count). The van der Waals surface area contributed by atoms with Crippen molar-refractivity contribution in [1.82, 2.24) is 0 Å². The van der Waals surface area contributed by atoms with E-state index in [9.17, 15) is 9.46 Å². The van der Waals surface area contributed by atoms with E-state index in [-0.39, 0.29) is 19.8 Å². The molecule has 0 aliphatic carbocycles. The average Bonchev–Trinajstić information content (AvgIpc) is 2.86. The SMILES string of the molecule is CCCCCCCCC/C=C\CCCCCCCCCCCOC[C@H](COC)OP(=O)([O-])OCC[N+](C)(C)C. The molecule has 0 bridgehead atoms. The summed E-state index contributed by atoms with van der Waals surface area (Å²) in [6, 6.07) is 0. The summed E-state index contributed by atoms with van der Waals surface area (Å²) in [5.41, 5.74) is 0. The van der Waals surface area contributed by atoms with Crippen LogP contribution in [0.25, 0.3) is 0 Å². The average molecular weight is 578 g/mol. The van der Waals surface area contributed by atoms with Crippen LogP contribution in [0, 0.1) is 0 Å². The van der Waals surface area contributed by atoms with Crippen LogP contribution in [0.4, 0.5) is 0 Å². The topological polar surface area (TPSA) is 77.1 Å². The van der Waals surface area contributed by atoms with Crippen molar-refractivity contribution in [3.8, 4) is 0 Å². The highest BCUT2D eigenvalue weighted by Crippen LogP contribution is 2.39. The van der Waals surface area contributed by atoms with Gasteiger partial charge in [0.2, 0.25) is 0 Å². The molecule has 2 atom stereocenters. The molecule has 1 unspecified atom stereocenters. The minimum atomic E-state index is -4.39. The Kier molecular flexibility index (Phi) is 26.4. The largest absolute Gasteiger partial charge is 0.756 e. The summed E-state index contributed by atoms with van der Waals surface area (Å²) in [6.07, 6.45) is 27.6. The fraction of sp³-hybridized carbons (Fsp3) is 0.935. The van der Waals surface area contributed by atoms with Gasteiger partial charge in [-0.05, 0) is 32.1 Å². The van der Waals surface area contributed by atoms with Crippen LogP contribution in [0.2, 0.25) is 0 Å². The molecule has 0 saturated heterocycles. The van der Waals surface area contributed by atoms with Gasteiger partial charge in [-0.15, -0.1) is 0 Å². The molecule has 8 heteroatoms. The van der Waals surface area contributed by atoms with E-state index in [0.29, 0.717) is 17.6 Å². The Hall–Kier alpha value is -0.270. The van der Waals surface area contributed by atoms with Crippen LogP contribution >= 0.6 is 7.82 Å². The van der Waals surface area contributed by atoms with Gasteiger partial charge >= 0.3 is 0 Å². The number of phosphoric ester groups is 1. The maximum atomic E-state index is 12.1. The molecule has 0 amide bonds. The summed E-state index contributed by atoms with van der Waals surface area (Å²) in [5, 5.41) is 0. The predicted octanol–water partition coefficient (Wildman–Crippen LogP) is 7.82. The number of ether oxygens (including phenoxy) is 2. The van der Waals surface area contributed by atoms with Crippen LogP contribution in [0.3, 0.4) is 0 Å². The van der Waals surface area contributed by atoms with Crippen molar-refractivity contribution < 1.29 is 32.5 Å². The highest BCUT2D eigenvalue weighted by molar-refractivity contribution is 7.45. The van der Waals surface area contributed by atoms with E-state index >= 15 is 0 Å². The monoisotopic (exact) mass is 577 g/mol. The Bertz CT molecular complexity index is 596. The van der Waals surface area contributed by atoms with Crippen molar-refractivity contribution in [2.24, 2.45) is 0 Å². The van der Waals surface area contributed by atoms with Crippen LogP contribution in [-0.4, -0.2) is 71.8 Å². The Labute approximate surface area is 242 Å². The number of hydrogen-bond donors (Lipinski definition) is 0. The van der Waals surface area contributed by atoms with Gasteiger partial charge in [-0.1, -0.05) is 103 Å². The fourth-order valence-corrected chi connectivity index (χ4v) is 5.16. The molecule has 0 aromatic rings. The second-order valence-electron chi connectivity index (χ2n) is 11.9. The van der Waals surface area contributed by atoms with Gasteiger partial charge < -0.3 is 27.9 Å². The standard InChI is InChI=1S/C31H64NO6P/c1-6-7-8-9-10-11-12-13-14-15-16-17-18-19-20-21-22-23-24-25-27-36-30-31(29-35-5)38-39(33,34)37-28-26-32(2,3)4/h14-15,31H,6-13,16-30H2,1-5H3/b15-14-/t31-/m0/s1. The molecule has 0 radical (unpaired) electrons. The Morgan fingerprint density at radius 2 is 1.21 bits per heavy atom. The first-order valence-corrected chi connectivity index (χ1v) is 17.3. The molecule has 0 fully saturated rings. The lowest BCUT2D eigenvalue weighted by Gasteiger charge is -2.29. The van der Waals surface area contributed by atoms with Crippen LogP contribution < -0.4 is 4.89 Å². The third-order valence-electron chi connectivity index (χ3n) is 6.75. The van der Waals surface area contributed by atoms with E-state index in [1.165, 1.54) is 110 Å². The van der Waals surface area contributed by atoms with Gasteiger partial charge in [-0.25, -0.2) is 0 Å². The molecule has 0 spiro atoms. The van der Waals surface area contributed by atoms with Crippen molar-refractivity contribution in [2.75, 3.05) is 61.2 Å². The number of hydrogen-bond acceptors (Lipinski definition) is 6. The molecular formula is C31H64NO6P. The minimum absolute atomic E-state index is 0.0849. The summed E-state index contributed by atoms with van der Waals surface area (Å²) in [5.74, 6) is 0. The van der Waals surface area contributed by atoms with Crippen molar-refractivity contribution in [3.63, 3.8) is 0 Å². The van der Waals surface area contributed by atoms with E-state index in [0.717, 1.165) is 12.8 Å². The Balaban J connectivity index is 3.56. The van der Waals surface area contributed by atoms with Crippen LogP contribution in [0.1, 0.15) is 122 Å². The van der Waals surface area contributed by atoms with Gasteiger partial charge in [-0.3, -0.25) is 4.57 Å². The van der Waals surface area contributed by atoms with Crippen molar-refractivity contribution >= 4 is 7.82 Å². The second-order valence-corrected chi connectivity index (χ2v) is 13.3. The number of allylic oxidation sites excluding steroid dienone is 2. The fourth-order valence-electron chi connectivity index (χ4n) is 4.31. The zero-order chi connectivity index (χ0) is 29.1. The lowest BCUT2D eigenvalue weighted by Crippen LogP contribution is -2.38. The van der Waals surface area contributed by atoms with Crippen LogP contribution in [-0.2, 0) is 23.1 Å². The molecule has 7 nitrogen and oxygen atoms in total. The molecule has 0 aromatic heterocycles. The van der Waals surface area contributed by atoms with Crippen LogP contribution in [0.15, 0.2) is 12.2 Å². The number of phosphoric acid groups is 1. The van der Waals surface area contributed by atoms with Gasteiger partial charge in [-0.2, -0.15) is 0 Å². The summed E-state index contributed by atoms with van der Waals surface area (Å²) in [4.78, 5) is 12.1. The summed E-state index contributed by atoms with van der Waals surface area (Å²) < 4.78 is 33.6. The first kappa shape index (κ1) is 38.7. The van der Waals surface area contributed by atoms with E-state index in [1.54, 1.807) is 0 Å². The number of quaternary nitrogens is 1. The number of unbranched alkanes of at least 4 members (excludes halogenated alkanes) is 16. The first-order chi connectivity index (χ1) is 18.7. The zero-order valence-electron chi connectivity index (χ0n) is 26.3. The van der Waals surface area contributed by atoms with Crippen molar-refractivity contribution in [3.05, 3.63) is 12.2 Å².